The molecule has 1 fully saturated rings. The summed E-state index contributed by atoms with van der Waals surface area (Å²) >= 11 is 0. The molecule has 1 aliphatic heterocycles. The molecule has 8 heteroatoms. The Bertz CT molecular complexity index is 747. The number of hydrogen-bond acceptors (Lipinski definition) is 7. The summed E-state index contributed by atoms with van der Waals surface area (Å²) in [6.07, 6.45) is 7.90. The third kappa shape index (κ3) is 4.32. The van der Waals surface area contributed by atoms with Crippen molar-refractivity contribution < 1.29 is 19.2 Å². The van der Waals surface area contributed by atoms with Gasteiger partial charge in [0.05, 0.1) is 5.57 Å². The molecule has 0 spiro atoms. The van der Waals surface area contributed by atoms with Gasteiger partial charge in [-0.05, 0) is 36.3 Å². The average molecular weight is 376 g/mol. The highest BCUT2D eigenvalue weighted by Gasteiger charge is 2.34. The van der Waals surface area contributed by atoms with E-state index in [0.717, 1.165) is 5.03 Å². The summed E-state index contributed by atoms with van der Waals surface area (Å²) in [7, 11) is 3.23. The third-order valence-corrected chi connectivity index (χ3v) is 6.80. The summed E-state index contributed by atoms with van der Waals surface area (Å²) < 4.78 is -0.189. The van der Waals surface area contributed by atoms with Crippen molar-refractivity contribution in [2.45, 2.75) is 36.0 Å². The number of amides is 2. The van der Waals surface area contributed by atoms with Crippen LogP contribution in [0.2, 0.25) is 0 Å². The second-order valence-corrected chi connectivity index (χ2v) is 8.49. The van der Waals surface area contributed by atoms with Crippen LogP contribution < -0.4 is 0 Å². The van der Waals surface area contributed by atoms with Crippen LogP contribution in [0.25, 0.3) is 0 Å². The van der Waals surface area contributed by atoms with Gasteiger partial charge in [0, 0.05) is 23.8 Å². The number of hydrogen-bond donors (Lipinski definition) is 0. The molecule has 0 aromatic carbocycles. The Morgan fingerprint density at radius 2 is 2.04 bits per heavy atom. The standard InChI is InChI=1S/C17H16N2O4S2/c1-17(25-24-13-4-2-3-11-18-13)9-7-12(8-10-17)16(22)23-19-14(20)5-6-15(19)21/h2-4,7-9,11H,5-6,10H2,1H3. The van der Waals surface area contributed by atoms with Crippen molar-refractivity contribution >= 4 is 39.4 Å². The number of carbonyl (C=O) groups excluding carboxylic acids is 3. The fraction of sp³-hybridized carbons (Fsp3) is 0.294. The lowest BCUT2D eigenvalue weighted by Crippen LogP contribution is -2.33. The molecule has 130 valence electrons. The van der Waals surface area contributed by atoms with E-state index in [2.05, 4.69) is 11.9 Å². The summed E-state index contributed by atoms with van der Waals surface area (Å²) in [6.45, 7) is 2.07. The number of imide groups is 1. The van der Waals surface area contributed by atoms with Gasteiger partial charge in [-0.3, -0.25) is 9.59 Å². The van der Waals surface area contributed by atoms with Crippen LogP contribution >= 0.6 is 21.6 Å². The Hall–Kier alpha value is -2.06. The van der Waals surface area contributed by atoms with Gasteiger partial charge in [0.2, 0.25) is 0 Å². The van der Waals surface area contributed by atoms with Gasteiger partial charge in [-0.2, -0.15) is 0 Å². The van der Waals surface area contributed by atoms with E-state index in [0.29, 0.717) is 17.1 Å². The van der Waals surface area contributed by atoms with Gasteiger partial charge >= 0.3 is 5.97 Å². The van der Waals surface area contributed by atoms with Crippen LogP contribution in [0.1, 0.15) is 26.2 Å². The highest BCUT2D eigenvalue weighted by atomic mass is 33.1. The SMILES string of the molecule is CC1(SSc2ccccn2)C=CC(C(=O)ON2C(=O)CCC2=O)=CC1. The first-order valence-electron chi connectivity index (χ1n) is 7.71. The number of rotatable bonds is 5. The van der Waals surface area contributed by atoms with Crippen LogP contribution in [-0.4, -0.2) is 32.6 Å². The summed E-state index contributed by atoms with van der Waals surface area (Å²) in [5.41, 5.74) is 0.341. The van der Waals surface area contributed by atoms with Crippen molar-refractivity contribution in [3.63, 3.8) is 0 Å². The minimum absolute atomic E-state index is 0.0838. The zero-order valence-corrected chi connectivity index (χ0v) is 15.1. The molecule has 2 heterocycles. The predicted octanol–water partition coefficient (Wildman–Crippen LogP) is 3.07. The molecule has 1 aromatic rings. The van der Waals surface area contributed by atoms with E-state index in [1.54, 1.807) is 39.9 Å². The molecule has 1 unspecified atom stereocenters. The van der Waals surface area contributed by atoms with E-state index in [1.807, 2.05) is 24.3 Å². The van der Waals surface area contributed by atoms with E-state index in [1.165, 1.54) is 0 Å². The maximum atomic E-state index is 12.1. The second kappa shape index (κ2) is 7.45. The van der Waals surface area contributed by atoms with E-state index in [9.17, 15) is 14.4 Å². The molecule has 25 heavy (non-hydrogen) atoms. The minimum atomic E-state index is -0.690. The largest absolute Gasteiger partial charge is 0.363 e. The maximum Gasteiger partial charge on any atom is 0.363 e. The first-order chi connectivity index (χ1) is 12.0. The smallest absolute Gasteiger partial charge is 0.325 e. The second-order valence-electron chi connectivity index (χ2n) is 5.80. The van der Waals surface area contributed by atoms with Gasteiger partial charge in [-0.25, -0.2) is 9.78 Å². The van der Waals surface area contributed by atoms with Crippen molar-refractivity contribution in [1.29, 1.82) is 0 Å². The molecule has 1 aromatic heterocycles. The highest BCUT2D eigenvalue weighted by Crippen LogP contribution is 2.44. The van der Waals surface area contributed by atoms with E-state index in [-0.39, 0.29) is 17.6 Å². The minimum Gasteiger partial charge on any atom is -0.325 e. The van der Waals surface area contributed by atoms with Crippen LogP contribution in [0, 0.1) is 0 Å². The fourth-order valence-electron chi connectivity index (χ4n) is 2.26. The van der Waals surface area contributed by atoms with Crippen molar-refractivity contribution in [2.75, 3.05) is 0 Å². The summed E-state index contributed by atoms with van der Waals surface area (Å²) in [4.78, 5) is 44.3. The molecular weight excluding hydrogens is 360 g/mol. The normalized spacial score (nSPS) is 22.9. The molecular formula is C17H16N2O4S2. The van der Waals surface area contributed by atoms with Gasteiger partial charge in [0.1, 0.15) is 5.03 Å². The van der Waals surface area contributed by atoms with Crippen LogP contribution in [0.15, 0.2) is 53.2 Å². The zero-order chi connectivity index (χ0) is 17.9. The lowest BCUT2D eigenvalue weighted by atomic mass is 9.98. The highest BCUT2D eigenvalue weighted by molar-refractivity contribution is 8.77. The number of pyridine rings is 1. The fourth-order valence-corrected chi connectivity index (χ4v) is 4.54. The molecule has 3 rings (SSSR count). The first kappa shape index (κ1) is 17.8. The Balaban J connectivity index is 1.56. The van der Waals surface area contributed by atoms with Gasteiger partial charge in [0.25, 0.3) is 11.8 Å². The van der Waals surface area contributed by atoms with Crippen molar-refractivity contribution in [3.8, 4) is 0 Å². The van der Waals surface area contributed by atoms with Crippen LogP contribution in [-0.2, 0) is 19.2 Å². The average Bonchev–Trinajstić information content (AvgIpc) is 2.93. The Labute approximate surface area is 153 Å². The summed E-state index contributed by atoms with van der Waals surface area (Å²) in [6, 6.07) is 5.74. The number of carbonyl (C=O) groups is 3. The zero-order valence-electron chi connectivity index (χ0n) is 13.5. The molecule has 0 saturated carbocycles. The maximum absolute atomic E-state index is 12.1. The van der Waals surface area contributed by atoms with Crippen molar-refractivity contribution in [2.24, 2.45) is 0 Å². The molecule has 1 aliphatic carbocycles. The molecule has 0 N–H and O–H groups in total. The van der Waals surface area contributed by atoms with E-state index < -0.39 is 17.8 Å². The number of aromatic nitrogens is 1. The summed E-state index contributed by atoms with van der Waals surface area (Å²) in [5.74, 6) is -1.65. The molecule has 1 atom stereocenters. The van der Waals surface area contributed by atoms with Gasteiger partial charge in [-0.1, -0.05) is 35.1 Å². The Morgan fingerprint density at radius 3 is 2.64 bits per heavy atom. The van der Waals surface area contributed by atoms with Gasteiger partial charge in [-0.15, -0.1) is 5.06 Å². The Morgan fingerprint density at radius 1 is 1.28 bits per heavy atom. The lowest BCUT2D eigenvalue weighted by molar-refractivity contribution is -0.194. The molecule has 0 bridgehead atoms. The monoisotopic (exact) mass is 376 g/mol. The van der Waals surface area contributed by atoms with Gasteiger partial charge in [0.15, 0.2) is 0 Å². The van der Waals surface area contributed by atoms with E-state index in [4.69, 9.17) is 4.84 Å². The number of allylic oxidation sites excluding steroid dienone is 1. The molecule has 0 radical (unpaired) electrons. The van der Waals surface area contributed by atoms with Crippen LogP contribution in [0.4, 0.5) is 0 Å². The lowest BCUT2D eigenvalue weighted by Gasteiger charge is -2.26. The van der Waals surface area contributed by atoms with Crippen LogP contribution in [0.5, 0.6) is 0 Å². The van der Waals surface area contributed by atoms with Crippen LogP contribution in [0.3, 0.4) is 0 Å². The quantitative estimate of drug-likeness (QED) is 0.577. The molecule has 2 amide bonds. The third-order valence-electron chi connectivity index (χ3n) is 3.71. The molecule has 1 saturated heterocycles. The Kier molecular flexibility index (Phi) is 5.29. The van der Waals surface area contributed by atoms with Gasteiger partial charge < -0.3 is 4.84 Å². The molecule has 2 aliphatic rings. The first-order valence-corrected chi connectivity index (χ1v) is 9.86. The number of nitrogens with zero attached hydrogens (tertiary/aromatic N) is 2. The molecule has 6 nitrogen and oxygen atoms in total. The van der Waals surface area contributed by atoms with E-state index >= 15 is 0 Å². The predicted molar refractivity (Wildman–Crippen MR) is 95.1 cm³/mol. The number of hydroxylamine groups is 2. The topological polar surface area (TPSA) is 76.6 Å². The summed E-state index contributed by atoms with van der Waals surface area (Å²) in [5, 5.41) is 1.48. The van der Waals surface area contributed by atoms with Crippen molar-refractivity contribution in [3.05, 3.63) is 48.2 Å². The van der Waals surface area contributed by atoms with Crippen molar-refractivity contribution in [1.82, 2.24) is 10.0 Å².